The van der Waals surface area contributed by atoms with Crippen LogP contribution in [0.25, 0.3) is 0 Å². The second-order valence-electron chi connectivity index (χ2n) is 2.54. The summed E-state index contributed by atoms with van der Waals surface area (Å²) in [6.07, 6.45) is 0.589. The summed E-state index contributed by atoms with van der Waals surface area (Å²) in [5, 5.41) is 17.2. The zero-order valence-electron chi connectivity index (χ0n) is 9.13. The van der Waals surface area contributed by atoms with E-state index in [0.29, 0.717) is 12.0 Å². The van der Waals surface area contributed by atoms with E-state index in [0.717, 1.165) is 0 Å². The SMILES string of the molecule is CC.CCc1ccc(C#N)c(F)c1C#N. The highest BCUT2D eigenvalue weighted by atomic mass is 19.1. The molecule has 0 saturated heterocycles. The number of benzene rings is 1. The lowest BCUT2D eigenvalue weighted by Gasteiger charge is -2.01. The third-order valence-corrected chi connectivity index (χ3v) is 1.84. The van der Waals surface area contributed by atoms with E-state index in [1.54, 1.807) is 18.2 Å². The summed E-state index contributed by atoms with van der Waals surface area (Å²) in [4.78, 5) is 0. The van der Waals surface area contributed by atoms with Crippen molar-refractivity contribution in [3.8, 4) is 12.1 Å². The summed E-state index contributed by atoms with van der Waals surface area (Å²) in [5.41, 5.74) is 0.550. The fraction of sp³-hybridized carbons (Fsp3) is 0.333. The van der Waals surface area contributed by atoms with Gasteiger partial charge in [0.25, 0.3) is 0 Å². The number of nitriles is 2. The molecule has 0 N–H and O–H groups in total. The fourth-order valence-electron chi connectivity index (χ4n) is 1.12. The van der Waals surface area contributed by atoms with Crippen LogP contribution in [0.15, 0.2) is 12.1 Å². The summed E-state index contributed by atoms with van der Waals surface area (Å²) < 4.78 is 13.3. The van der Waals surface area contributed by atoms with Crippen LogP contribution in [0, 0.1) is 28.5 Å². The lowest BCUT2D eigenvalue weighted by atomic mass is 10.0. The monoisotopic (exact) mass is 204 g/mol. The van der Waals surface area contributed by atoms with Gasteiger partial charge in [0.2, 0.25) is 0 Å². The lowest BCUT2D eigenvalue weighted by Crippen LogP contribution is -1.95. The molecule has 0 unspecified atom stereocenters. The van der Waals surface area contributed by atoms with Gasteiger partial charge in [-0.2, -0.15) is 10.5 Å². The standard InChI is InChI=1S/C10H7FN2.C2H6/c1-2-7-3-4-8(5-12)10(11)9(7)6-13;1-2/h3-4H,2H2,1H3;1-2H3. The Bertz CT molecular complexity index is 411. The van der Waals surface area contributed by atoms with E-state index in [-0.39, 0.29) is 11.1 Å². The molecule has 0 heterocycles. The highest BCUT2D eigenvalue weighted by molar-refractivity contribution is 5.46. The third-order valence-electron chi connectivity index (χ3n) is 1.84. The van der Waals surface area contributed by atoms with Crippen LogP contribution in [-0.2, 0) is 6.42 Å². The van der Waals surface area contributed by atoms with Crippen LogP contribution in [0.5, 0.6) is 0 Å². The Hall–Kier alpha value is -1.87. The number of hydrogen-bond donors (Lipinski definition) is 0. The van der Waals surface area contributed by atoms with E-state index in [4.69, 9.17) is 10.5 Å². The Balaban J connectivity index is 0.000000921. The quantitative estimate of drug-likeness (QED) is 0.705. The van der Waals surface area contributed by atoms with Crippen molar-refractivity contribution in [1.29, 1.82) is 10.5 Å². The van der Waals surface area contributed by atoms with E-state index in [1.165, 1.54) is 6.07 Å². The molecular weight excluding hydrogens is 191 g/mol. The molecule has 0 amide bonds. The predicted octanol–water partition coefficient (Wildman–Crippen LogP) is 3.16. The van der Waals surface area contributed by atoms with Gasteiger partial charge in [-0.05, 0) is 18.1 Å². The number of halogens is 1. The molecular formula is C12H13FN2. The van der Waals surface area contributed by atoms with Gasteiger partial charge < -0.3 is 0 Å². The van der Waals surface area contributed by atoms with E-state index in [2.05, 4.69) is 0 Å². The first-order valence-corrected chi connectivity index (χ1v) is 4.86. The second-order valence-corrected chi connectivity index (χ2v) is 2.54. The van der Waals surface area contributed by atoms with Crippen molar-refractivity contribution in [2.24, 2.45) is 0 Å². The Labute approximate surface area is 89.6 Å². The van der Waals surface area contributed by atoms with E-state index >= 15 is 0 Å². The minimum Gasteiger partial charge on any atom is -0.204 e. The zero-order valence-corrected chi connectivity index (χ0v) is 9.13. The van der Waals surface area contributed by atoms with Crippen molar-refractivity contribution >= 4 is 0 Å². The highest BCUT2D eigenvalue weighted by Gasteiger charge is 2.11. The van der Waals surface area contributed by atoms with Crippen LogP contribution in [0.1, 0.15) is 37.5 Å². The molecule has 15 heavy (non-hydrogen) atoms. The number of aryl methyl sites for hydroxylation is 1. The van der Waals surface area contributed by atoms with Crippen molar-refractivity contribution < 1.29 is 4.39 Å². The van der Waals surface area contributed by atoms with E-state index in [9.17, 15) is 4.39 Å². The summed E-state index contributed by atoms with van der Waals surface area (Å²) in [7, 11) is 0. The summed E-state index contributed by atoms with van der Waals surface area (Å²) in [5.74, 6) is -0.704. The normalized spacial score (nSPS) is 8.13. The molecule has 0 bridgehead atoms. The van der Waals surface area contributed by atoms with Gasteiger partial charge in [-0.3, -0.25) is 0 Å². The highest BCUT2D eigenvalue weighted by Crippen LogP contribution is 2.16. The number of rotatable bonds is 1. The molecule has 0 atom stereocenters. The van der Waals surface area contributed by atoms with Crippen LogP contribution in [0.3, 0.4) is 0 Å². The van der Waals surface area contributed by atoms with Crippen molar-refractivity contribution in [2.75, 3.05) is 0 Å². The molecule has 1 aromatic rings. The van der Waals surface area contributed by atoms with Gasteiger partial charge in [0.1, 0.15) is 12.1 Å². The molecule has 0 saturated carbocycles. The second kappa shape index (κ2) is 6.56. The lowest BCUT2D eigenvalue weighted by molar-refractivity contribution is 0.617. The average molecular weight is 204 g/mol. The molecule has 78 valence electrons. The maximum atomic E-state index is 13.3. The summed E-state index contributed by atoms with van der Waals surface area (Å²) >= 11 is 0. The molecule has 3 heteroatoms. The van der Waals surface area contributed by atoms with Gasteiger partial charge in [-0.25, -0.2) is 4.39 Å². The smallest absolute Gasteiger partial charge is 0.158 e. The Morgan fingerprint density at radius 2 is 1.80 bits per heavy atom. The Kier molecular flexibility index (Phi) is 5.75. The Morgan fingerprint density at radius 3 is 2.20 bits per heavy atom. The maximum Gasteiger partial charge on any atom is 0.158 e. The van der Waals surface area contributed by atoms with Crippen LogP contribution >= 0.6 is 0 Å². The molecule has 0 aliphatic rings. The van der Waals surface area contributed by atoms with Gasteiger partial charge in [0.05, 0.1) is 11.1 Å². The third kappa shape index (κ3) is 2.79. The minimum absolute atomic E-state index is 0.0125. The average Bonchev–Trinajstić information content (AvgIpc) is 2.31. The van der Waals surface area contributed by atoms with Gasteiger partial charge in [0, 0.05) is 0 Å². The molecule has 0 aliphatic heterocycles. The molecule has 0 radical (unpaired) electrons. The molecule has 0 spiro atoms. The molecule has 1 aromatic carbocycles. The first-order valence-electron chi connectivity index (χ1n) is 4.86. The Morgan fingerprint density at radius 1 is 1.20 bits per heavy atom. The van der Waals surface area contributed by atoms with Gasteiger partial charge in [-0.1, -0.05) is 26.8 Å². The maximum absolute atomic E-state index is 13.3. The molecule has 1 rings (SSSR count). The van der Waals surface area contributed by atoms with Crippen LogP contribution in [0.2, 0.25) is 0 Å². The number of hydrogen-bond acceptors (Lipinski definition) is 2. The van der Waals surface area contributed by atoms with Crippen LogP contribution < -0.4 is 0 Å². The minimum atomic E-state index is -0.704. The van der Waals surface area contributed by atoms with Gasteiger partial charge in [0.15, 0.2) is 5.82 Å². The zero-order chi connectivity index (χ0) is 11.8. The summed E-state index contributed by atoms with van der Waals surface area (Å²) in [6, 6.07) is 6.47. The van der Waals surface area contributed by atoms with E-state index in [1.807, 2.05) is 20.8 Å². The van der Waals surface area contributed by atoms with Crippen LogP contribution in [-0.4, -0.2) is 0 Å². The molecule has 0 aliphatic carbocycles. The van der Waals surface area contributed by atoms with Crippen molar-refractivity contribution in [1.82, 2.24) is 0 Å². The molecule has 0 fully saturated rings. The topological polar surface area (TPSA) is 47.6 Å². The summed E-state index contributed by atoms with van der Waals surface area (Å²) in [6.45, 7) is 5.83. The first-order chi connectivity index (χ1) is 7.24. The fourth-order valence-corrected chi connectivity index (χ4v) is 1.12. The predicted molar refractivity (Wildman–Crippen MR) is 56.6 cm³/mol. The van der Waals surface area contributed by atoms with Crippen molar-refractivity contribution in [3.05, 3.63) is 34.6 Å². The molecule has 2 nitrogen and oxygen atoms in total. The number of nitrogens with zero attached hydrogens (tertiary/aromatic N) is 2. The van der Waals surface area contributed by atoms with Gasteiger partial charge in [-0.15, -0.1) is 0 Å². The van der Waals surface area contributed by atoms with Crippen molar-refractivity contribution in [3.63, 3.8) is 0 Å². The van der Waals surface area contributed by atoms with E-state index < -0.39 is 5.82 Å². The van der Waals surface area contributed by atoms with Crippen molar-refractivity contribution in [2.45, 2.75) is 27.2 Å². The molecule has 0 aromatic heterocycles. The first kappa shape index (κ1) is 13.1. The largest absolute Gasteiger partial charge is 0.204 e. The van der Waals surface area contributed by atoms with Gasteiger partial charge >= 0.3 is 0 Å². The van der Waals surface area contributed by atoms with Crippen LogP contribution in [0.4, 0.5) is 4.39 Å².